The van der Waals surface area contributed by atoms with Crippen molar-refractivity contribution in [1.29, 1.82) is 0 Å². The van der Waals surface area contributed by atoms with Crippen molar-refractivity contribution in [2.24, 2.45) is 10.4 Å². The van der Waals surface area contributed by atoms with Crippen LogP contribution in [0, 0.1) is 5.41 Å². The molecule has 2 N–H and O–H groups in total. The van der Waals surface area contributed by atoms with Crippen LogP contribution >= 0.6 is 24.0 Å². The lowest BCUT2D eigenvalue weighted by molar-refractivity contribution is 0.141. The quantitative estimate of drug-likeness (QED) is 0.224. The number of methoxy groups -OCH3 is 1. The Bertz CT molecular complexity index is 308. The SMILES string of the molecule is CCNC(=NCC1(CCOC)CCCC1)NCCCOCC.I. The van der Waals surface area contributed by atoms with Crippen molar-refractivity contribution in [1.82, 2.24) is 10.6 Å². The zero-order valence-corrected chi connectivity index (χ0v) is 17.5. The topological polar surface area (TPSA) is 54.9 Å². The smallest absolute Gasteiger partial charge is 0.191 e. The van der Waals surface area contributed by atoms with Crippen LogP contribution in [0.2, 0.25) is 0 Å². The normalized spacial score (nSPS) is 16.9. The number of rotatable bonds is 11. The van der Waals surface area contributed by atoms with Crippen molar-refractivity contribution < 1.29 is 9.47 Å². The molecule has 0 radical (unpaired) electrons. The number of ether oxygens (including phenoxy) is 2. The number of guanidine groups is 1. The highest BCUT2D eigenvalue weighted by Crippen LogP contribution is 2.41. The van der Waals surface area contributed by atoms with Gasteiger partial charge in [-0.1, -0.05) is 12.8 Å². The van der Waals surface area contributed by atoms with Crippen LogP contribution in [0.1, 0.15) is 52.4 Å². The van der Waals surface area contributed by atoms with Gasteiger partial charge in [-0.3, -0.25) is 4.99 Å². The van der Waals surface area contributed by atoms with Gasteiger partial charge in [0.2, 0.25) is 0 Å². The van der Waals surface area contributed by atoms with Gasteiger partial charge >= 0.3 is 0 Å². The molecule has 0 saturated heterocycles. The first-order valence-corrected chi connectivity index (χ1v) is 8.85. The Kier molecular flexibility index (Phi) is 14.2. The molecule has 0 heterocycles. The molecule has 1 fully saturated rings. The van der Waals surface area contributed by atoms with Gasteiger partial charge in [-0.2, -0.15) is 0 Å². The summed E-state index contributed by atoms with van der Waals surface area (Å²) < 4.78 is 10.7. The maximum absolute atomic E-state index is 5.36. The van der Waals surface area contributed by atoms with Crippen LogP contribution in [0.4, 0.5) is 0 Å². The molecule has 0 aromatic heterocycles. The van der Waals surface area contributed by atoms with Crippen LogP contribution in [-0.2, 0) is 9.47 Å². The molecule has 138 valence electrons. The summed E-state index contributed by atoms with van der Waals surface area (Å²) in [4.78, 5) is 4.84. The standard InChI is InChI=1S/C17H35N3O2.HI/c1-4-18-16(19-12-8-13-22-5-2)20-15-17(11-14-21-3)9-6-7-10-17;/h4-15H2,1-3H3,(H2,18,19,20);1H. The summed E-state index contributed by atoms with van der Waals surface area (Å²) in [5.74, 6) is 0.933. The third-order valence-corrected chi connectivity index (χ3v) is 4.38. The van der Waals surface area contributed by atoms with E-state index in [-0.39, 0.29) is 24.0 Å². The summed E-state index contributed by atoms with van der Waals surface area (Å²) in [5.41, 5.74) is 0.351. The molecule has 0 spiro atoms. The second kappa shape index (κ2) is 14.3. The highest BCUT2D eigenvalue weighted by Gasteiger charge is 2.33. The van der Waals surface area contributed by atoms with E-state index in [1.54, 1.807) is 7.11 Å². The molecule has 0 bridgehead atoms. The molecule has 1 aliphatic carbocycles. The second-order valence-electron chi connectivity index (χ2n) is 6.12. The third-order valence-electron chi connectivity index (χ3n) is 4.38. The van der Waals surface area contributed by atoms with Gasteiger partial charge in [0, 0.05) is 46.6 Å². The number of halogens is 1. The van der Waals surface area contributed by atoms with E-state index in [0.29, 0.717) is 5.41 Å². The molecular weight excluding hydrogens is 405 g/mol. The minimum absolute atomic E-state index is 0. The Labute approximate surface area is 159 Å². The number of hydrogen-bond acceptors (Lipinski definition) is 3. The summed E-state index contributed by atoms with van der Waals surface area (Å²) in [6.07, 6.45) is 7.35. The van der Waals surface area contributed by atoms with E-state index in [1.807, 2.05) is 6.92 Å². The van der Waals surface area contributed by atoms with Crippen molar-refractivity contribution >= 4 is 29.9 Å². The van der Waals surface area contributed by atoms with Gasteiger partial charge in [-0.15, -0.1) is 24.0 Å². The Balaban J connectivity index is 0.00000484. The van der Waals surface area contributed by atoms with Gasteiger partial charge in [0.05, 0.1) is 0 Å². The lowest BCUT2D eigenvalue weighted by atomic mass is 9.83. The predicted molar refractivity (Wildman–Crippen MR) is 108 cm³/mol. The van der Waals surface area contributed by atoms with Gasteiger partial charge < -0.3 is 20.1 Å². The van der Waals surface area contributed by atoms with Crippen LogP contribution in [-0.4, -0.2) is 52.5 Å². The first-order chi connectivity index (χ1) is 10.8. The zero-order chi connectivity index (χ0) is 16.1. The van der Waals surface area contributed by atoms with Gasteiger partial charge in [0.25, 0.3) is 0 Å². The minimum atomic E-state index is 0. The van der Waals surface area contributed by atoms with E-state index < -0.39 is 0 Å². The maximum Gasteiger partial charge on any atom is 0.191 e. The van der Waals surface area contributed by atoms with Crippen LogP contribution in [0.3, 0.4) is 0 Å². The fourth-order valence-electron chi connectivity index (χ4n) is 3.04. The van der Waals surface area contributed by atoms with E-state index >= 15 is 0 Å². The summed E-state index contributed by atoms with van der Waals surface area (Å²) >= 11 is 0. The van der Waals surface area contributed by atoms with E-state index in [2.05, 4.69) is 17.6 Å². The minimum Gasteiger partial charge on any atom is -0.385 e. The van der Waals surface area contributed by atoms with Crippen molar-refractivity contribution in [2.45, 2.75) is 52.4 Å². The van der Waals surface area contributed by atoms with Crippen molar-refractivity contribution in [3.63, 3.8) is 0 Å². The van der Waals surface area contributed by atoms with Crippen LogP contribution in [0.5, 0.6) is 0 Å². The van der Waals surface area contributed by atoms with Crippen molar-refractivity contribution in [3.8, 4) is 0 Å². The Morgan fingerprint density at radius 2 is 1.87 bits per heavy atom. The molecule has 0 unspecified atom stereocenters. The average Bonchev–Trinajstić information content (AvgIpc) is 2.99. The predicted octanol–water partition coefficient (Wildman–Crippen LogP) is 3.18. The second-order valence-corrected chi connectivity index (χ2v) is 6.12. The van der Waals surface area contributed by atoms with Gasteiger partial charge in [-0.05, 0) is 44.9 Å². The molecule has 0 aromatic rings. The monoisotopic (exact) mass is 441 g/mol. The van der Waals surface area contributed by atoms with Crippen LogP contribution < -0.4 is 10.6 Å². The number of hydrogen-bond donors (Lipinski definition) is 2. The Morgan fingerprint density at radius 3 is 2.48 bits per heavy atom. The first kappa shape index (κ1) is 22.9. The summed E-state index contributed by atoms with van der Waals surface area (Å²) in [5, 5.41) is 6.74. The maximum atomic E-state index is 5.36. The number of nitrogens with one attached hydrogen (secondary N) is 2. The lowest BCUT2D eigenvalue weighted by Crippen LogP contribution is -2.39. The fourth-order valence-corrected chi connectivity index (χ4v) is 3.04. The lowest BCUT2D eigenvalue weighted by Gasteiger charge is -2.27. The molecule has 1 aliphatic rings. The zero-order valence-electron chi connectivity index (χ0n) is 15.2. The molecule has 6 heteroatoms. The molecule has 0 atom stereocenters. The van der Waals surface area contributed by atoms with Gasteiger partial charge in [-0.25, -0.2) is 0 Å². The average molecular weight is 441 g/mol. The van der Waals surface area contributed by atoms with Crippen molar-refractivity contribution in [3.05, 3.63) is 0 Å². The molecule has 5 nitrogen and oxygen atoms in total. The van der Waals surface area contributed by atoms with Crippen LogP contribution in [0.15, 0.2) is 4.99 Å². The third kappa shape index (κ3) is 9.72. The van der Waals surface area contributed by atoms with E-state index in [4.69, 9.17) is 14.5 Å². The Hall–Kier alpha value is -0.0800. The van der Waals surface area contributed by atoms with Crippen molar-refractivity contribution in [2.75, 3.05) is 46.6 Å². The fraction of sp³-hybridized carbons (Fsp3) is 0.941. The highest BCUT2D eigenvalue weighted by atomic mass is 127. The van der Waals surface area contributed by atoms with E-state index in [1.165, 1.54) is 25.7 Å². The van der Waals surface area contributed by atoms with Gasteiger partial charge in [0.15, 0.2) is 5.96 Å². The highest BCUT2D eigenvalue weighted by molar-refractivity contribution is 14.0. The summed E-state index contributed by atoms with van der Waals surface area (Å²) in [7, 11) is 1.79. The summed E-state index contributed by atoms with van der Waals surface area (Å²) in [6, 6.07) is 0. The number of nitrogens with zero attached hydrogens (tertiary/aromatic N) is 1. The molecular formula is C17H36IN3O2. The Morgan fingerprint density at radius 1 is 1.13 bits per heavy atom. The molecule has 23 heavy (non-hydrogen) atoms. The van der Waals surface area contributed by atoms with Gasteiger partial charge in [0.1, 0.15) is 0 Å². The molecule has 0 aromatic carbocycles. The molecule has 1 rings (SSSR count). The molecule has 1 saturated carbocycles. The first-order valence-electron chi connectivity index (χ1n) is 8.85. The van der Waals surface area contributed by atoms with Crippen LogP contribution in [0.25, 0.3) is 0 Å². The molecule has 0 aliphatic heterocycles. The van der Waals surface area contributed by atoms with E-state index in [0.717, 1.165) is 58.3 Å². The largest absolute Gasteiger partial charge is 0.385 e. The summed E-state index contributed by atoms with van der Waals surface area (Å²) in [6.45, 7) is 9.26. The molecule has 0 amide bonds. The van der Waals surface area contributed by atoms with E-state index in [9.17, 15) is 0 Å². The number of aliphatic imine (C=N–C) groups is 1.